The molecule has 1 atom stereocenters. The SMILES string of the molecule is CCN1C(=O)[C@@H](NC(=O)c2cccc(C)c2)CC(=C(C)N)C1=NC(C)C. The maximum absolute atomic E-state index is 12.9. The topological polar surface area (TPSA) is 87.8 Å². The van der Waals surface area contributed by atoms with Gasteiger partial charge in [-0.15, -0.1) is 0 Å². The van der Waals surface area contributed by atoms with Crippen molar-refractivity contribution >= 4 is 17.6 Å². The minimum Gasteiger partial charge on any atom is -0.402 e. The van der Waals surface area contributed by atoms with Gasteiger partial charge in [0.25, 0.3) is 11.8 Å². The number of hydrogen-bond acceptors (Lipinski definition) is 4. The number of allylic oxidation sites excluding steroid dienone is 1. The number of amides is 2. The van der Waals surface area contributed by atoms with E-state index >= 15 is 0 Å². The normalized spacial score (nSPS) is 21.3. The maximum atomic E-state index is 12.9. The van der Waals surface area contributed by atoms with Gasteiger partial charge < -0.3 is 11.1 Å². The van der Waals surface area contributed by atoms with Crippen LogP contribution < -0.4 is 11.1 Å². The molecule has 0 radical (unpaired) electrons. The molecule has 26 heavy (non-hydrogen) atoms. The van der Waals surface area contributed by atoms with Crippen molar-refractivity contribution in [2.24, 2.45) is 10.7 Å². The molecule has 0 aliphatic carbocycles. The van der Waals surface area contributed by atoms with Gasteiger partial charge in [-0.25, -0.2) is 0 Å². The van der Waals surface area contributed by atoms with Crippen molar-refractivity contribution in [3.63, 3.8) is 0 Å². The summed E-state index contributed by atoms with van der Waals surface area (Å²) in [6, 6.07) is 6.69. The van der Waals surface area contributed by atoms with Crippen LogP contribution in [0.3, 0.4) is 0 Å². The predicted molar refractivity (Wildman–Crippen MR) is 104 cm³/mol. The average molecular weight is 356 g/mol. The van der Waals surface area contributed by atoms with Crippen LogP contribution in [-0.2, 0) is 4.79 Å². The lowest BCUT2D eigenvalue weighted by molar-refractivity contribution is -0.129. The molecular formula is C20H28N4O2. The van der Waals surface area contributed by atoms with Crippen LogP contribution in [0.15, 0.2) is 40.5 Å². The number of benzene rings is 1. The number of hydrogen-bond donors (Lipinski definition) is 2. The number of nitrogens with two attached hydrogens (primary N) is 1. The summed E-state index contributed by atoms with van der Waals surface area (Å²) in [4.78, 5) is 31.7. The Kier molecular flexibility index (Phi) is 6.18. The van der Waals surface area contributed by atoms with Gasteiger partial charge in [-0.05, 0) is 46.8 Å². The number of likely N-dealkylation sites (tertiary alicyclic amines) is 1. The molecule has 6 heteroatoms. The van der Waals surface area contributed by atoms with Crippen molar-refractivity contribution in [3.05, 3.63) is 46.7 Å². The third-order valence-corrected chi connectivity index (χ3v) is 4.26. The maximum Gasteiger partial charge on any atom is 0.251 e. The minimum absolute atomic E-state index is 0.0413. The first kappa shape index (κ1) is 19.7. The van der Waals surface area contributed by atoms with E-state index in [2.05, 4.69) is 10.3 Å². The first-order chi connectivity index (χ1) is 12.2. The molecule has 0 unspecified atom stereocenters. The number of piperidine rings is 1. The molecule has 140 valence electrons. The summed E-state index contributed by atoms with van der Waals surface area (Å²) >= 11 is 0. The molecule has 6 nitrogen and oxygen atoms in total. The summed E-state index contributed by atoms with van der Waals surface area (Å²) in [6.45, 7) is 10.0. The summed E-state index contributed by atoms with van der Waals surface area (Å²) in [5.74, 6) is 0.202. The van der Waals surface area contributed by atoms with E-state index in [1.165, 1.54) is 0 Å². The molecule has 2 amide bonds. The molecule has 1 aliphatic rings. The van der Waals surface area contributed by atoms with Crippen LogP contribution >= 0.6 is 0 Å². The second-order valence-electron chi connectivity index (χ2n) is 6.89. The number of carbonyl (C=O) groups excluding carboxylic acids is 2. The molecule has 1 heterocycles. The summed E-state index contributed by atoms with van der Waals surface area (Å²) in [6.07, 6.45) is 0.348. The van der Waals surface area contributed by atoms with Gasteiger partial charge in [-0.3, -0.25) is 19.5 Å². The molecule has 0 spiro atoms. The predicted octanol–water partition coefficient (Wildman–Crippen LogP) is 2.39. The smallest absolute Gasteiger partial charge is 0.251 e. The van der Waals surface area contributed by atoms with Crippen LogP contribution in [-0.4, -0.2) is 41.2 Å². The molecule has 1 aliphatic heterocycles. The zero-order valence-electron chi connectivity index (χ0n) is 16.2. The van der Waals surface area contributed by atoms with Gasteiger partial charge in [0, 0.05) is 35.8 Å². The average Bonchev–Trinajstić information content (AvgIpc) is 2.56. The Balaban J connectivity index is 2.32. The standard InChI is InChI=1S/C20H28N4O2/c1-6-24-18(22-12(2)3)16(14(5)21)11-17(20(24)26)23-19(25)15-9-7-8-13(4)10-15/h7-10,12,17H,6,11,21H2,1-5H3,(H,23,25)/t17-/m0/s1. The van der Waals surface area contributed by atoms with Crippen LogP contribution in [0.2, 0.25) is 0 Å². The quantitative estimate of drug-likeness (QED) is 0.868. The summed E-state index contributed by atoms with van der Waals surface area (Å²) < 4.78 is 0. The van der Waals surface area contributed by atoms with Gasteiger partial charge in [0.15, 0.2) is 0 Å². The number of nitrogens with one attached hydrogen (secondary N) is 1. The van der Waals surface area contributed by atoms with Crippen molar-refractivity contribution in [2.75, 3.05) is 6.54 Å². The molecule has 2 rings (SSSR count). The third-order valence-electron chi connectivity index (χ3n) is 4.26. The Hall–Kier alpha value is -2.63. The van der Waals surface area contributed by atoms with Crippen LogP contribution in [0.1, 0.15) is 50.0 Å². The molecule has 0 aromatic heterocycles. The third kappa shape index (κ3) is 4.31. The van der Waals surface area contributed by atoms with E-state index in [-0.39, 0.29) is 17.9 Å². The van der Waals surface area contributed by atoms with Crippen molar-refractivity contribution in [1.82, 2.24) is 10.2 Å². The second kappa shape index (κ2) is 8.17. The number of aryl methyl sites for hydroxylation is 1. The Labute approximate surface area is 155 Å². The highest BCUT2D eigenvalue weighted by atomic mass is 16.2. The second-order valence-corrected chi connectivity index (χ2v) is 6.89. The van der Waals surface area contributed by atoms with E-state index in [0.29, 0.717) is 30.1 Å². The Morgan fingerprint density at radius 2 is 2.12 bits per heavy atom. The molecule has 1 aromatic rings. The van der Waals surface area contributed by atoms with Crippen molar-refractivity contribution in [3.8, 4) is 0 Å². The zero-order chi connectivity index (χ0) is 19.4. The Morgan fingerprint density at radius 3 is 2.65 bits per heavy atom. The number of amidine groups is 1. The molecular weight excluding hydrogens is 328 g/mol. The van der Waals surface area contributed by atoms with Crippen molar-refractivity contribution in [1.29, 1.82) is 0 Å². The summed E-state index contributed by atoms with van der Waals surface area (Å²) in [7, 11) is 0. The van der Waals surface area contributed by atoms with E-state index in [9.17, 15) is 9.59 Å². The van der Waals surface area contributed by atoms with E-state index in [1.807, 2.05) is 39.8 Å². The number of likely N-dealkylation sites (N-methyl/N-ethyl adjacent to an activating group) is 1. The number of nitrogens with zero attached hydrogens (tertiary/aromatic N) is 2. The van der Waals surface area contributed by atoms with Gasteiger partial charge in [0.2, 0.25) is 0 Å². The number of aliphatic imine (C=N–C) groups is 1. The monoisotopic (exact) mass is 356 g/mol. The molecule has 1 fully saturated rings. The van der Waals surface area contributed by atoms with Crippen molar-refractivity contribution < 1.29 is 9.59 Å². The lowest BCUT2D eigenvalue weighted by Crippen LogP contribution is -2.55. The lowest BCUT2D eigenvalue weighted by atomic mass is 9.95. The first-order valence-electron chi connectivity index (χ1n) is 8.96. The van der Waals surface area contributed by atoms with Crippen molar-refractivity contribution in [2.45, 2.75) is 53.1 Å². The van der Waals surface area contributed by atoms with Gasteiger partial charge >= 0.3 is 0 Å². The van der Waals surface area contributed by atoms with Crippen LogP contribution in [0.5, 0.6) is 0 Å². The highest BCUT2D eigenvalue weighted by Gasteiger charge is 2.37. The fourth-order valence-electron chi connectivity index (χ4n) is 3.01. The van der Waals surface area contributed by atoms with Gasteiger partial charge in [-0.2, -0.15) is 0 Å². The number of rotatable bonds is 4. The molecule has 0 bridgehead atoms. The largest absolute Gasteiger partial charge is 0.402 e. The van der Waals surface area contributed by atoms with Gasteiger partial charge in [0.05, 0.1) is 0 Å². The first-order valence-corrected chi connectivity index (χ1v) is 8.96. The summed E-state index contributed by atoms with van der Waals surface area (Å²) in [5, 5.41) is 2.86. The fraction of sp³-hybridized carbons (Fsp3) is 0.450. The van der Waals surface area contributed by atoms with Crippen LogP contribution in [0.4, 0.5) is 0 Å². The summed E-state index contributed by atoms with van der Waals surface area (Å²) in [5.41, 5.74) is 9.03. The Morgan fingerprint density at radius 1 is 1.42 bits per heavy atom. The van der Waals surface area contributed by atoms with E-state index in [4.69, 9.17) is 5.73 Å². The fourth-order valence-corrected chi connectivity index (χ4v) is 3.01. The molecule has 0 saturated carbocycles. The van der Waals surface area contributed by atoms with Gasteiger partial charge in [0.1, 0.15) is 11.9 Å². The van der Waals surface area contributed by atoms with Crippen LogP contribution in [0, 0.1) is 6.92 Å². The number of carbonyl (C=O) groups is 2. The molecule has 1 aromatic carbocycles. The van der Waals surface area contributed by atoms with E-state index in [0.717, 1.165) is 11.1 Å². The minimum atomic E-state index is -0.650. The zero-order valence-corrected chi connectivity index (χ0v) is 16.2. The Bertz CT molecular complexity index is 761. The molecule has 3 N–H and O–H groups in total. The van der Waals surface area contributed by atoms with E-state index < -0.39 is 6.04 Å². The molecule has 1 saturated heterocycles. The highest BCUT2D eigenvalue weighted by molar-refractivity contribution is 6.13. The highest BCUT2D eigenvalue weighted by Crippen LogP contribution is 2.23. The van der Waals surface area contributed by atoms with Crippen LogP contribution in [0.25, 0.3) is 0 Å². The van der Waals surface area contributed by atoms with E-state index in [1.54, 1.807) is 24.0 Å². The van der Waals surface area contributed by atoms with Gasteiger partial charge in [-0.1, -0.05) is 17.7 Å². The lowest BCUT2D eigenvalue weighted by Gasteiger charge is -2.35.